The van der Waals surface area contributed by atoms with Crippen LogP contribution in [0.1, 0.15) is 12.5 Å². The Kier molecular flexibility index (Phi) is 5.10. The van der Waals surface area contributed by atoms with Gasteiger partial charge in [0.2, 0.25) is 0 Å². The molecule has 0 aliphatic carbocycles. The molecule has 2 aromatic carbocycles. The number of ether oxygens (including phenoxy) is 1. The van der Waals surface area contributed by atoms with Gasteiger partial charge in [0, 0.05) is 36.0 Å². The number of fused-ring (bicyclic) bond motifs is 1. The van der Waals surface area contributed by atoms with Crippen LogP contribution in [0.2, 0.25) is 0 Å². The Labute approximate surface area is 162 Å². The Bertz CT molecular complexity index is 1150. The van der Waals surface area contributed by atoms with Gasteiger partial charge in [0.15, 0.2) is 5.82 Å². The van der Waals surface area contributed by atoms with Crippen LogP contribution in [0.5, 0.6) is 5.75 Å². The molecule has 0 bridgehead atoms. The van der Waals surface area contributed by atoms with Crippen molar-refractivity contribution in [2.45, 2.75) is 13.3 Å². The number of H-pyrrole nitrogens is 1. The summed E-state index contributed by atoms with van der Waals surface area (Å²) in [6.45, 7) is 3.07. The molecule has 0 saturated heterocycles. The second-order valence-corrected chi connectivity index (χ2v) is 6.39. The molecule has 0 amide bonds. The summed E-state index contributed by atoms with van der Waals surface area (Å²) < 4.78 is 7.21. The Balaban J connectivity index is 1.54. The maximum absolute atomic E-state index is 12.9. The molecule has 4 aromatic rings. The second kappa shape index (κ2) is 8.00. The zero-order valence-corrected chi connectivity index (χ0v) is 15.7. The quantitative estimate of drug-likeness (QED) is 0.517. The van der Waals surface area contributed by atoms with Crippen LogP contribution >= 0.6 is 0 Å². The normalized spacial score (nSPS) is 10.9. The van der Waals surface area contributed by atoms with Crippen LogP contribution in [-0.2, 0) is 6.42 Å². The molecule has 2 N–H and O–H groups in total. The van der Waals surface area contributed by atoms with Crippen molar-refractivity contribution in [1.29, 1.82) is 0 Å². The highest BCUT2D eigenvalue weighted by Crippen LogP contribution is 2.21. The van der Waals surface area contributed by atoms with Gasteiger partial charge in [-0.1, -0.05) is 30.3 Å². The van der Waals surface area contributed by atoms with Gasteiger partial charge in [0.1, 0.15) is 5.75 Å². The van der Waals surface area contributed by atoms with Gasteiger partial charge in [-0.05, 0) is 37.1 Å². The van der Waals surface area contributed by atoms with Crippen molar-refractivity contribution < 1.29 is 4.74 Å². The fourth-order valence-electron chi connectivity index (χ4n) is 3.31. The summed E-state index contributed by atoms with van der Waals surface area (Å²) in [5.74, 6) is 0.997. The van der Waals surface area contributed by atoms with Crippen LogP contribution in [-0.4, -0.2) is 27.7 Å². The molecule has 2 heterocycles. The van der Waals surface area contributed by atoms with E-state index in [0.29, 0.717) is 30.4 Å². The number of aromatic amines is 1. The monoisotopic (exact) mass is 374 g/mol. The molecule has 0 radical (unpaired) electrons. The number of rotatable bonds is 7. The fourth-order valence-corrected chi connectivity index (χ4v) is 3.31. The first kappa shape index (κ1) is 17.9. The average Bonchev–Trinajstić information content (AvgIpc) is 3.13. The van der Waals surface area contributed by atoms with Crippen molar-refractivity contribution >= 4 is 16.7 Å². The number of nitrogens with zero attached hydrogens (tertiary/aromatic N) is 2. The molecule has 28 heavy (non-hydrogen) atoms. The van der Waals surface area contributed by atoms with Crippen molar-refractivity contribution in [1.82, 2.24) is 14.5 Å². The van der Waals surface area contributed by atoms with E-state index in [0.717, 1.165) is 11.9 Å². The Morgan fingerprint density at radius 2 is 1.96 bits per heavy atom. The molecular formula is C22H22N4O2. The predicted molar refractivity (Wildman–Crippen MR) is 111 cm³/mol. The number of anilines is 1. The highest BCUT2D eigenvalue weighted by molar-refractivity contribution is 5.83. The van der Waals surface area contributed by atoms with Crippen molar-refractivity contribution in [3.05, 3.63) is 83.0 Å². The smallest absolute Gasteiger partial charge is 0.297 e. The van der Waals surface area contributed by atoms with Crippen LogP contribution in [0.25, 0.3) is 16.6 Å². The number of hydrogen-bond donors (Lipinski definition) is 2. The SMILES string of the molecule is CCOc1ccccc1-n1ccnc(NCCc2c[nH]c3ccccc23)c1=O. The minimum absolute atomic E-state index is 0.200. The molecule has 0 atom stereocenters. The summed E-state index contributed by atoms with van der Waals surface area (Å²) >= 11 is 0. The van der Waals surface area contributed by atoms with Crippen LogP contribution in [0.3, 0.4) is 0 Å². The molecule has 0 spiro atoms. The number of nitrogens with one attached hydrogen (secondary N) is 2. The van der Waals surface area contributed by atoms with Gasteiger partial charge >= 0.3 is 0 Å². The number of hydrogen-bond acceptors (Lipinski definition) is 4. The van der Waals surface area contributed by atoms with Crippen LogP contribution in [0.15, 0.2) is 71.9 Å². The summed E-state index contributed by atoms with van der Waals surface area (Å²) in [6.07, 6.45) is 6.08. The lowest BCUT2D eigenvalue weighted by Gasteiger charge is -2.13. The van der Waals surface area contributed by atoms with Gasteiger partial charge in [0.05, 0.1) is 12.3 Å². The summed E-state index contributed by atoms with van der Waals surface area (Å²) in [4.78, 5) is 20.4. The first-order valence-corrected chi connectivity index (χ1v) is 9.36. The predicted octanol–water partition coefficient (Wildman–Crippen LogP) is 3.77. The molecule has 0 aliphatic heterocycles. The average molecular weight is 374 g/mol. The third kappa shape index (κ3) is 3.49. The Hall–Kier alpha value is -3.54. The van der Waals surface area contributed by atoms with E-state index < -0.39 is 0 Å². The van der Waals surface area contributed by atoms with Crippen molar-refractivity contribution in [3.8, 4) is 11.4 Å². The van der Waals surface area contributed by atoms with Gasteiger partial charge in [-0.2, -0.15) is 0 Å². The standard InChI is InChI=1S/C22H22N4O2/c1-2-28-20-10-6-5-9-19(20)26-14-13-24-21(22(26)27)23-12-11-16-15-25-18-8-4-3-7-17(16)18/h3-10,13-15,25H,2,11-12H2,1H3,(H,23,24). The summed E-state index contributed by atoms with van der Waals surface area (Å²) in [7, 11) is 0. The van der Waals surface area contributed by atoms with E-state index in [-0.39, 0.29) is 5.56 Å². The van der Waals surface area contributed by atoms with Crippen LogP contribution in [0.4, 0.5) is 5.82 Å². The fraction of sp³-hybridized carbons (Fsp3) is 0.182. The topological polar surface area (TPSA) is 71.9 Å². The first-order chi connectivity index (χ1) is 13.8. The molecule has 0 fully saturated rings. The van der Waals surface area contributed by atoms with E-state index >= 15 is 0 Å². The molecular weight excluding hydrogens is 352 g/mol. The highest BCUT2D eigenvalue weighted by atomic mass is 16.5. The number of para-hydroxylation sites is 3. The first-order valence-electron chi connectivity index (χ1n) is 9.36. The molecule has 2 aromatic heterocycles. The maximum Gasteiger partial charge on any atom is 0.297 e. The van der Waals surface area contributed by atoms with E-state index in [4.69, 9.17) is 4.74 Å². The number of benzene rings is 2. The van der Waals surface area contributed by atoms with Gasteiger partial charge in [-0.3, -0.25) is 9.36 Å². The molecule has 0 aliphatic rings. The largest absolute Gasteiger partial charge is 0.492 e. The van der Waals surface area contributed by atoms with E-state index in [2.05, 4.69) is 27.4 Å². The minimum atomic E-state index is -0.200. The lowest BCUT2D eigenvalue weighted by atomic mass is 10.1. The zero-order valence-electron chi connectivity index (χ0n) is 15.7. The Morgan fingerprint density at radius 3 is 2.86 bits per heavy atom. The summed E-state index contributed by atoms with van der Waals surface area (Å²) in [6, 6.07) is 15.7. The van der Waals surface area contributed by atoms with Gasteiger partial charge < -0.3 is 15.0 Å². The second-order valence-electron chi connectivity index (χ2n) is 6.39. The third-order valence-corrected chi connectivity index (χ3v) is 4.63. The van der Waals surface area contributed by atoms with Crippen LogP contribution < -0.4 is 15.6 Å². The molecule has 0 saturated carbocycles. The van der Waals surface area contributed by atoms with E-state index in [9.17, 15) is 4.79 Å². The Morgan fingerprint density at radius 1 is 1.14 bits per heavy atom. The highest BCUT2D eigenvalue weighted by Gasteiger charge is 2.11. The number of aromatic nitrogens is 3. The van der Waals surface area contributed by atoms with Crippen molar-refractivity contribution in [3.63, 3.8) is 0 Å². The van der Waals surface area contributed by atoms with Gasteiger partial charge in [-0.25, -0.2) is 4.98 Å². The van der Waals surface area contributed by atoms with E-state index in [1.807, 2.05) is 49.5 Å². The van der Waals surface area contributed by atoms with Gasteiger partial charge in [0.25, 0.3) is 5.56 Å². The molecule has 6 nitrogen and oxygen atoms in total. The van der Waals surface area contributed by atoms with Crippen molar-refractivity contribution in [2.75, 3.05) is 18.5 Å². The summed E-state index contributed by atoms with van der Waals surface area (Å²) in [5.41, 5.74) is 2.83. The van der Waals surface area contributed by atoms with Crippen molar-refractivity contribution in [2.24, 2.45) is 0 Å². The summed E-state index contributed by atoms with van der Waals surface area (Å²) in [5, 5.41) is 4.38. The van der Waals surface area contributed by atoms with E-state index in [1.165, 1.54) is 10.9 Å². The lowest BCUT2D eigenvalue weighted by Crippen LogP contribution is -2.24. The minimum Gasteiger partial charge on any atom is -0.492 e. The molecule has 0 unspecified atom stereocenters. The molecule has 4 rings (SSSR count). The molecule has 142 valence electrons. The maximum atomic E-state index is 12.9. The third-order valence-electron chi connectivity index (χ3n) is 4.63. The zero-order chi connectivity index (χ0) is 19.3. The lowest BCUT2D eigenvalue weighted by molar-refractivity contribution is 0.339. The van der Waals surface area contributed by atoms with Crippen LogP contribution in [0, 0.1) is 0 Å². The van der Waals surface area contributed by atoms with Gasteiger partial charge in [-0.15, -0.1) is 0 Å². The van der Waals surface area contributed by atoms with E-state index in [1.54, 1.807) is 17.0 Å². The molecule has 6 heteroatoms.